The molecule has 0 saturated heterocycles. The van der Waals surface area contributed by atoms with Crippen LogP contribution in [0.4, 0.5) is 5.13 Å². The summed E-state index contributed by atoms with van der Waals surface area (Å²) in [6.45, 7) is 3.97. The van der Waals surface area contributed by atoms with Crippen molar-refractivity contribution in [2.24, 2.45) is 0 Å². The van der Waals surface area contributed by atoms with E-state index in [2.05, 4.69) is 37.6 Å². The fraction of sp³-hybridized carbons (Fsp3) is 0.545. The first kappa shape index (κ1) is 14.9. The molecule has 0 radical (unpaired) electrons. The van der Waals surface area contributed by atoms with Gasteiger partial charge >= 0.3 is 0 Å². The number of aromatic amines is 1. The lowest BCUT2D eigenvalue weighted by molar-refractivity contribution is -0.113. The van der Waals surface area contributed by atoms with Crippen molar-refractivity contribution in [2.45, 2.75) is 38.3 Å². The number of anilines is 1. The van der Waals surface area contributed by atoms with Gasteiger partial charge in [0.1, 0.15) is 10.8 Å². The van der Waals surface area contributed by atoms with Gasteiger partial charge in [0.25, 0.3) is 0 Å². The van der Waals surface area contributed by atoms with Crippen LogP contribution in [0.2, 0.25) is 0 Å². The maximum Gasteiger partial charge on any atom is 0.236 e. The number of carbonyl (C=O) groups is 1. The van der Waals surface area contributed by atoms with Gasteiger partial charge in [-0.25, -0.2) is 4.98 Å². The highest BCUT2D eigenvalue weighted by molar-refractivity contribution is 7.99. The fourth-order valence-corrected chi connectivity index (χ4v) is 2.66. The summed E-state index contributed by atoms with van der Waals surface area (Å²) in [6, 6.07) is 0. The van der Waals surface area contributed by atoms with E-state index in [1.54, 1.807) is 0 Å². The molecule has 0 atom stereocenters. The SMILES string of the molecule is CCCCc1nc(SCC(=O)Nc2nnc(C)s2)n[nH]1. The summed E-state index contributed by atoms with van der Waals surface area (Å²) in [7, 11) is 0. The highest BCUT2D eigenvalue weighted by Crippen LogP contribution is 2.16. The zero-order chi connectivity index (χ0) is 14.4. The Bertz CT molecular complexity index is 567. The summed E-state index contributed by atoms with van der Waals surface area (Å²) in [5, 5.41) is 19.3. The van der Waals surface area contributed by atoms with Crippen molar-refractivity contribution in [3.63, 3.8) is 0 Å². The lowest BCUT2D eigenvalue weighted by Gasteiger charge is -1.98. The average molecular weight is 312 g/mol. The largest absolute Gasteiger partial charge is 0.300 e. The minimum Gasteiger partial charge on any atom is -0.300 e. The molecule has 7 nitrogen and oxygen atoms in total. The van der Waals surface area contributed by atoms with Crippen molar-refractivity contribution in [2.75, 3.05) is 11.1 Å². The molecule has 2 aromatic heterocycles. The molecular weight excluding hydrogens is 296 g/mol. The summed E-state index contributed by atoms with van der Waals surface area (Å²) in [5.41, 5.74) is 0. The molecule has 0 unspecified atom stereocenters. The van der Waals surface area contributed by atoms with E-state index in [4.69, 9.17) is 0 Å². The number of hydrogen-bond donors (Lipinski definition) is 2. The number of nitrogens with zero attached hydrogens (tertiary/aromatic N) is 4. The van der Waals surface area contributed by atoms with Gasteiger partial charge in [0.2, 0.25) is 16.2 Å². The van der Waals surface area contributed by atoms with E-state index in [0.717, 1.165) is 30.1 Å². The number of hydrogen-bond acceptors (Lipinski definition) is 7. The van der Waals surface area contributed by atoms with Crippen LogP contribution in [0.5, 0.6) is 0 Å². The van der Waals surface area contributed by atoms with Gasteiger partial charge in [0.05, 0.1) is 5.75 Å². The van der Waals surface area contributed by atoms with E-state index in [0.29, 0.717) is 10.3 Å². The molecule has 1 amide bonds. The predicted molar refractivity (Wildman–Crippen MR) is 79.0 cm³/mol. The third kappa shape index (κ3) is 4.57. The average Bonchev–Trinajstić information content (AvgIpc) is 3.03. The molecule has 0 spiro atoms. The summed E-state index contributed by atoms with van der Waals surface area (Å²) in [6.07, 6.45) is 3.09. The van der Waals surface area contributed by atoms with Gasteiger partial charge in [0, 0.05) is 6.42 Å². The van der Waals surface area contributed by atoms with Gasteiger partial charge in [0.15, 0.2) is 0 Å². The van der Waals surface area contributed by atoms with Crippen LogP contribution in [0, 0.1) is 6.92 Å². The number of H-pyrrole nitrogens is 1. The Hall–Kier alpha value is -1.48. The van der Waals surface area contributed by atoms with E-state index in [1.165, 1.54) is 23.1 Å². The summed E-state index contributed by atoms with van der Waals surface area (Å²) in [5.74, 6) is 0.990. The topological polar surface area (TPSA) is 96.5 Å². The summed E-state index contributed by atoms with van der Waals surface area (Å²) < 4.78 is 0. The second kappa shape index (κ2) is 7.34. The van der Waals surface area contributed by atoms with Crippen LogP contribution in [0.3, 0.4) is 0 Å². The molecule has 20 heavy (non-hydrogen) atoms. The molecule has 0 aliphatic carbocycles. The van der Waals surface area contributed by atoms with Gasteiger partial charge < -0.3 is 0 Å². The summed E-state index contributed by atoms with van der Waals surface area (Å²) in [4.78, 5) is 16.0. The summed E-state index contributed by atoms with van der Waals surface area (Å²) >= 11 is 2.65. The quantitative estimate of drug-likeness (QED) is 0.759. The number of rotatable bonds is 7. The van der Waals surface area contributed by atoms with Crippen LogP contribution < -0.4 is 5.32 Å². The molecule has 2 rings (SSSR count). The molecule has 0 saturated carbocycles. The Morgan fingerprint density at radius 1 is 1.45 bits per heavy atom. The van der Waals surface area contributed by atoms with Crippen LogP contribution >= 0.6 is 23.1 Å². The molecule has 9 heteroatoms. The Balaban J connectivity index is 1.76. The number of thioether (sulfide) groups is 1. The number of aryl methyl sites for hydroxylation is 2. The lowest BCUT2D eigenvalue weighted by atomic mass is 10.2. The second-order valence-corrected chi connectivity index (χ2v) is 6.26. The molecule has 2 N–H and O–H groups in total. The predicted octanol–water partition coefficient (Wildman–Crippen LogP) is 2.04. The molecular formula is C11H16N6OS2. The molecule has 0 aromatic carbocycles. The van der Waals surface area contributed by atoms with Gasteiger partial charge in [-0.05, 0) is 13.3 Å². The Labute approximate surface area is 125 Å². The molecule has 0 fully saturated rings. The maximum atomic E-state index is 11.7. The first-order chi connectivity index (χ1) is 9.67. The zero-order valence-electron chi connectivity index (χ0n) is 11.3. The van der Waals surface area contributed by atoms with Crippen molar-refractivity contribution >= 4 is 34.1 Å². The standard InChI is InChI=1S/C11H16N6OS2/c1-3-4-5-8-12-10(16-15-8)19-6-9(18)13-11-17-14-7(2)20-11/h3-6H2,1-2H3,(H,12,15,16)(H,13,17,18). The molecule has 0 aliphatic rings. The van der Waals surface area contributed by atoms with Gasteiger partial charge in [-0.2, -0.15) is 0 Å². The van der Waals surface area contributed by atoms with Crippen molar-refractivity contribution in [3.8, 4) is 0 Å². The highest BCUT2D eigenvalue weighted by atomic mass is 32.2. The normalized spacial score (nSPS) is 10.7. The Morgan fingerprint density at radius 3 is 3.00 bits per heavy atom. The lowest BCUT2D eigenvalue weighted by Crippen LogP contribution is -2.13. The van der Waals surface area contributed by atoms with Gasteiger partial charge in [-0.1, -0.05) is 36.4 Å². The first-order valence-corrected chi connectivity index (χ1v) is 8.11. The number of amides is 1. The van der Waals surface area contributed by atoms with Crippen molar-refractivity contribution in [3.05, 3.63) is 10.8 Å². The van der Waals surface area contributed by atoms with Crippen LogP contribution in [0.1, 0.15) is 30.6 Å². The van der Waals surface area contributed by atoms with Crippen LogP contribution in [0.15, 0.2) is 5.16 Å². The van der Waals surface area contributed by atoms with Crippen LogP contribution in [0.25, 0.3) is 0 Å². The molecule has 108 valence electrons. The molecule has 2 aromatic rings. The Kier molecular flexibility index (Phi) is 5.48. The van der Waals surface area contributed by atoms with Crippen molar-refractivity contribution in [1.29, 1.82) is 0 Å². The number of carbonyl (C=O) groups excluding carboxylic acids is 1. The number of aromatic nitrogens is 5. The zero-order valence-corrected chi connectivity index (χ0v) is 13.0. The third-order valence-electron chi connectivity index (χ3n) is 2.38. The van der Waals surface area contributed by atoms with E-state index in [1.807, 2.05) is 6.92 Å². The minimum atomic E-state index is -0.133. The molecule has 0 aliphatic heterocycles. The van der Waals surface area contributed by atoms with E-state index >= 15 is 0 Å². The first-order valence-electron chi connectivity index (χ1n) is 6.31. The smallest absolute Gasteiger partial charge is 0.236 e. The Morgan fingerprint density at radius 2 is 2.30 bits per heavy atom. The number of nitrogens with one attached hydrogen (secondary N) is 2. The maximum absolute atomic E-state index is 11.7. The monoisotopic (exact) mass is 312 g/mol. The van der Waals surface area contributed by atoms with E-state index in [9.17, 15) is 4.79 Å². The van der Waals surface area contributed by atoms with E-state index in [-0.39, 0.29) is 11.7 Å². The molecule has 0 bridgehead atoms. The fourth-order valence-electron chi connectivity index (χ4n) is 1.43. The highest BCUT2D eigenvalue weighted by Gasteiger charge is 2.09. The third-order valence-corrected chi connectivity index (χ3v) is 3.98. The van der Waals surface area contributed by atoms with E-state index < -0.39 is 0 Å². The number of unbranched alkanes of at least 4 members (excludes halogenated alkanes) is 1. The van der Waals surface area contributed by atoms with Crippen LogP contribution in [-0.2, 0) is 11.2 Å². The minimum absolute atomic E-state index is 0.133. The van der Waals surface area contributed by atoms with Crippen LogP contribution in [-0.4, -0.2) is 37.0 Å². The van der Waals surface area contributed by atoms with Gasteiger partial charge in [-0.15, -0.1) is 15.3 Å². The van der Waals surface area contributed by atoms with Gasteiger partial charge in [-0.3, -0.25) is 15.2 Å². The van der Waals surface area contributed by atoms with Crippen molar-refractivity contribution < 1.29 is 4.79 Å². The second-order valence-electron chi connectivity index (χ2n) is 4.13. The van der Waals surface area contributed by atoms with Crippen molar-refractivity contribution in [1.82, 2.24) is 25.4 Å². The molecule has 2 heterocycles.